The van der Waals surface area contributed by atoms with Gasteiger partial charge >= 0.3 is 6.09 Å². The smallest absolute Gasteiger partial charge is 0.408 e. The van der Waals surface area contributed by atoms with Crippen molar-refractivity contribution in [3.63, 3.8) is 0 Å². The van der Waals surface area contributed by atoms with E-state index >= 15 is 0 Å². The molecule has 2 amide bonds. The number of nitrogens with one attached hydrogen (secondary N) is 3. The molecule has 3 N–H and O–H groups in total. The van der Waals surface area contributed by atoms with Crippen molar-refractivity contribution in [2.75, 3.05) is 17.5 Å². The van der Waals surface area contributed by atoms with Crippen molar-refractivity contribution < 1.29 is 22.7 Å². The summed E-state index contributed by atoms with van der Waals surface area (Å²) in [6.45, 7) is 5.71. The number of amides is 2. The number of carbonyl (C=O) groups excluding carboxylic acids is 2. The second-order valence-corrected chi connectivity index (χ2v) is 10.7. The molecule has 0 heterocycles. The summed E-state index contributed by atoms with van der Waals surface area (Å²) in [4.78, 5) is 25.1. The van der Waals surface area contributed by atoms with Crippen molar-refractivity contribution >= 4 is 27.7 Å². The highest BCUT2D eigenvalue weighted by molar-refractivity contribution is 7.92. The first-order chi connectivity index (χ1) is 13.9. The average molecular weight is 440 g/mol. The molecular formula is C21H33N3O5S. The number of ether oxygens (including phenoxy) is 1. The fourth-order valence-corrected chi connectivity index (χ4v) is 4.12. The van der Waals surface area contributed by atoms with Gasteiger partial charge in [0.1, 0.15) is 5.60 Å². The molecule has 1 aromatic carbocycles. The van der Waals surface area contributed by atoms with Crippen LogP contribution in [0.25, 0.3) is 0 Å². The predicted octanol–water partition coefficient (Wildman–Crippen LogP) is 3.41. The lowest BCUT2D eigenvalue weighted by Gasteiger charge is -2.35. The van der Waals surface area contributed by atoms with Crippen molar-refractivity contribution in [1.29, 1.82) is 0 Å². The summed E-state index contributed by atoms with van der Waals surface area (Å²) in [5.41, 5.74) is -0.519. The molecule has 9 heteroatoms. The molecule has 1 aliphatic carbocycles. The van der Waals surface area contributed by atoms with Crippen molar-refractivity contribution in [2.45, 2.75) is 70.4 Å². The lowest BCUT2D eigenvalue weighted by Crippen LogP contribution is -2.56. The van der Waals surface area contributed by atoms with Crippen LogP contribution in [0, 0.1) is 0 Å². The molecule has 1 aliphatic rings. The van der Waals surface area contributed by atoms with Gasteiger partial charge in [0, 0.05) is 17.8 Å². The van der Waals surface area contributed by atoms with Crippen LogP contribution in [0.4, 0.5) is 10.5 Å². The molecule has 30 heavy (non-hydrogen) atoms. The minimum Gasteiger partial charge on any atom is -0.444 e. The van der Waals surface area contributed by atoms with E-state index < -0.39 is 27.3 Å². The predicted molar refractivity (Wildman–Crippen MR) is 117 cm³/mol. The van der Waals surface area contributed by atoms with Gasteiger partial charge < -0.3 is 15.4 Å². The van der Waals surface area contributed by atoms with E-state index in [-0.39, 0.29) is 12.5 Å². The summed E-state index contributed by atoms with van der Waals surface area (Å²) in [6.07, 6.45) is 6.16. The highest BCUT2D eigenvalue weighted by Gasteiger charge is 2.34. The Labute approximate surface area is 179 Å². The highest BCUT2D eigenvalue weighted by Crippen LogP contribution is 2.27. The van der Waals surface area contributed by atoms with Gasteiger partial charge in [-0.25, -0.2) is 13.2 Å². The third-order valence-corrected chi connectivity index (χ3v) is 5.45. The molecule has 168 valence electrons. The molecule has 0 unspecified atom stereocenters. The van der Waals surface area contributed by atoms with E-state index in [1.165, 1.54) is 6.07 Å². The second-order valence-electron chi connectivity index (χ2n) is 8.96. The van der Waals surface area contributed by atoms with Crippen molar-refractivity contribution in [3.05, 3.63) is 29.8 Å². The molecular weight excluding hydrogens is 406 g/mol. The molecule has 0 aliphatic heterocycles. The quantitative estimate of drug-likeness (QED) is 0.588. The molecule has 0 atom stereocenters. The Morgan fingerprint density at radius 1 is 1.10 bits per heavy atom. The third kappa shape index (κ3) is 8.22. The minimum atomic E-state index is -3.43. The average Bonchev–Trinajstić information content (AvgIpc) is 2.82. The van der Waals surface area contributed by atoms with Crippen LogP contribution in [0.2, 0.25) is 0 Å². The number of anilines is 1. The number of carbonyl (C=O) groups is 2. The molecule has 0 bridgehead atoms. The number of sulfonamides is 1. The van der Waals surface area contributed by atoms with Crippen molar-refractivity contribution in [3.8, 4) is 0 Å². The van der Waals surface area contributed by atoms with Gasteiger partial charge in [0.25, 0.3) is 5.91 Å². The van der Waals surface area contributed by atoms with Crippen LogP contribution in [-0.2, 0) is 14.8 Å². The number of hydrogen-bond donors (Lipinski definition) is 3. The van der Waals surface area contributed by atoms with Crippen LogP contribution >= 0.6 is 0 Å². The summed E-state index contributed by atoms with van der Waals surface area (Å²) in [7, 11) is -3.43. The topological polar surface area (TPSA) is 114 Å². The van der Waals surface area contributed by atoms with E-state index in [1.807, 2.05) is 20.8 Å². The van der Waals surface area contributed by atoms with Crippen LogP contribution in [-0.4, -0.2) is 44.4 Å². The maximum Gasteiger partial charge on any atom is 0.408 e. The van der Waals surface area contributed by atoms with E-state index in [1.54, 1.807) is 18.2 Å². The van der Waals surface area contributed by atoms with Crippen molar-refractivity contribution in [1.82, 2.24) is 10.6 Å². The van der Waals surface area contributed by atoms with Crippen LogP contribution in [0.1, 0.15) is 69.7 Å². The summed E-state index contributed by atoms with van der Waals surface area (Å²) in [5.74, 6) is -0.332. The maximum atomic E-state index is 12.7. The fraction of sp³-hybridized carbons (Fsp3) is 0.619. The molecule has 0 aromatic heterocycles. The summed E-state index contributed by atoms with van der Waals surface area (Å²) < 4.78 is 30.6. The van der Waals surface area contributed by atoms with E-state index in [9.17, 15) is 18.0 Å². The highest BCUT2D eigenvalue weighted by atomic mass is 32.2. The zero-order valence-corrected chi connectivity index (χ0v) is 19.0. The Balaban J connectivity index is 2.10. The van der Waals surface area contributed by atoms with E-state index in [4.69, 9.17) is 4.74 Å². The minimum absolute atomic E-state index is 0.273. The Morgan fingerprint density at radius 2 is 1.73 bits per heavy atom. The molecule has 1 saturated carbocycles. The number of hydrogen-bond acceptors (Lipinski definition) is 5. The summed E-state index contributed by atoms with van der Waals surface area (Å²) >= 11 is 0. The Kier molecular flexibility index (Phi) is 7.74. The monoisotopic (exact) mass is 439 g/mol. The SMILES string of the molecule is CC(C)(C)OC(=O)NC1(CNC(=O)c2cccc(NS(C)(=O)=O)c2)CCCCCC1. The van der Waals surface area contributed by atoms with Gasteiger partial charge in [0.2, 0.25) is 10.0 Å². The summed E-state index contributed by atoms with van der Waals surface area (Å²) in [5, 5.41) is 5.92. The molecule has 0 radical (unpaired) electrons. The first kappa shape index (κ1) is 24.0. The van der Waals surface area contributed by atoms with Gasteiger partial charge in [-0.2, -0.15) is 0 Å². The lowest BCUT2D eigenvalue weighted by atomic mass is 9.90. The molecule has 1 fully saturated rings. The van der Waals surface area contributed by atoms with E-state index in [2.05, 4.69) is 15.4 Å². The fourth-order valence-electron chi connectivity index (χ4n) is 3.56. The zero-order valence-electron chi connectivity index (χ0n) is 18.2. The van der Waals surface area contributed by atoms with E-state index in [0.717, 1.165) is 44.8 Å². The third-order valence-electron chi connectivity index (χ3n) is 4.84. The Bertz CT molecular complexity index is 854. The Morgan fingerprint density at radius 3 is 2.30 bits per heavy atom. The molecule has 0 saturated heterocycles. The van der Waals surface area contributed by atoms with Crippen molar-refractivity contribution in [2.24, 2.45) is 0 Å². The van der Waals surface area contributed by atoms with Crippen LogP contribution in [0.5, 0.6) is 0 Å². The normalized spacial score (nSPS) is 16.8. The van der Waals surface area contributed by atoms with E-state index in [0.29, 0.717) is 11.3 Å². The lowest BCUT2D eigenvalue weighted by molar-refractivity contribution is 0.0437. The maximum absolute atomic E-state index is 12.7. The number of alkyl carbamates (subject to hydrolysis) is 1. The van der Waals surface area contributed by atoms with Gasteiger partial charge in [0.15, 0.2) is 0 Å². The largest absolute Gasteiger partial charge is 0.444 e. The van der Waals surface area contributed by atoms with Gasteiger partial charge in [0.05, 0.1) is 11.8 Å². The van der Waals surface area contributed by atoms with Crippen LogP contribution < -0.4 is 15.4 Å². The first-order valence-electron chi connectivity index (χ1n) is 10.2. The van der Waals surface area contributed by atoms with Gasteiger partial charge in [-0.05, 0) is 51.8 Å². The molecule has 0 spiro atoms. The summed E-state index contributed by atoms with van der Waals surface area (Å²) in [6, 6.07) is 6.29. The molecule has 2 rings (SSSR count). The zero-order chi connectivity index (χ0) is 22.4. The standard InChI is InChI=1S/C21H33N3O5S/c1-20(2,3)29-19(26)23-21(12-7-5-6-8-13-21)15-22-18(25)16-10-9-11-17(14-16)24-30(4,27)28/h9-11,14,24H,5-8,12-13,15H2,1-4H3,(H,22,25)(H,23,26). The van der Waals surface area contributed by atoms with Crippen LogP contribution in [0.3, 0.4) is 0 Å². The number of benzene rings is 1. The van der Waals surface area contributed by atoms with Crippen LogP contribution in [0.15, 0.2) is 24.3 Å². The second kappa shape index (κ2) is 9.68. The molecule has 1 aromatic rings. The molecule has 8 nitrogen and oxygen atoms in total. The van der Waals surface area contributed by atoms with Gasteiger partial charge in [-0.15, -0.1) is 0 Å². The number of rotatable bonds is 6. The Hall–Kier alpha value is -2.29. The first-order valence-corrected chi connectivity index (χ1v) is 12.1. The van der Waals surface area contributed by atoms with Gasteiger partial charge in [-0.3, -0.25) is 9.52 Å². The van der Waals surface area contributed by atoms with Gasteiger partial charge in [-0.1, -0.05) is 31.7 Å².